The first kappa shape index (κ1) is 14.1. The summed E-state index contributed by atoms with van der Waals surface area (Å²) >= 11 is 1.61. The maximum atomic E-state index is 12.2. The first-order valence-corrected chi connectivity index (χ1v) is 7.30. The van der Waals surface area contributed by atoms with Crippen molar-refractivity contribution in [2.24, 2.45) is 4.99 Å². The van der Waals surface area contributed by atoms with Crippen LogP contribution in [0.5, 0.6) is 0 Å². The lowest BCUT2D eigenvalue weighted by molar-refractivity contribution is -0.159. The van der Waals surface area contributed by atoms with Gasteiger partial charge < -0.3 is 4.74 Å². The smallest absolute Gasteiger partial charge is 0.335 e. The summed E-state index contributed by atoms with van der Waals surface area (Å²) in [4.78, 5) is 16.8. The lowest BCUT2D eigenvalue weighted by Gasteiger charge is -2.25. The Morgan fingerprint density at radius 2 is 1.95 bits per heavy atom. The van der Waals surface area contributed by atoms with Crippen LogP contribution in [-0.2, 0) is 9.53 Å². The number of hydrogen-bond acceptors (Lipinski definition) is 4. The van der Waals surface area contributed by atoms with E-state index in [1.165, 1.54) is 0 Å². The minimum Gasteiger partial charge on any atom is -0.458 e. The number of esters is 1. The maximum Gasteiger partial charge on any atom is 0.335 e. The third kappa shape index (κ3) is 3.38. The van der Waals surface area contributed by atoms with E-state index >= 15 is 0 Å². The van der Waals surface area contributed by atoms with Crippen LogP contribution in [0.4, 0.5) is 0 Å². The molecule has 3 nitrogen and oxygen atoms in total. The van der Waals surface area contributed by atoms with Crippen molar-refractivity contribution in [3.05, 3.63) is 35.9 Å². The van der Waals surface area contributed by atoms with Crippen LogP contribution in [0.3, 0.4) is 0 Å². The van der Waals surface area contributed by atoms with E-state index in [0.717, 1.165) is 10.6 Å². The minimum absolute atomic E-state index is 0.251. The van der Waals surface area contributed by atoms with Crippen LogP contribution in [0.15, 0.2) is 35.3 Å². The molecule has 1 aliphatic rings. The molecule has 1 heterocycles. The van der Waals surface area contributed by atoms with Crippen molar-refractivity contribution in [3.63, 3.8) is 0 Å². The van der Waals surface area contributed by atoms with E-state index < -0.39 is 11.1 Å². The van der Waals surface area contributed by atoms with Gasteiger partial charge in [0.15, 0.2) is 5.54 Å². The van der Waals surface area contributed by atoms with Gasteiger partial charge in [0.1, 0.15) is 5.60 Å². The maximum absolute atomic E-state index is 12.2. The highest BCUT2D eigenvalue weighted by Gasteiger charge is 2.41. The number of nitrogens with zero attached hydrogens (tertiary/aromatic N) is 1. The fourth-order valence-electron chi connectivity index (χ4n) is 1.72. The molecule has 0 fully saturated rings. The Labute approximate surface area is 118 Å². The van der Waals surface area contributed by atoms with Crippen LogP contribution >= 0.6 is 11.8 Å². The zero-order chi connectivity index (χ0) is 14.1. The minimum atomic E-state index is -0.775. The number of hydrogen-bond donors (Lipinski definition) is 0. The van der Waals surface area contributed by atoms with Crippen LogP contribution < -0.4 is 0 Å². The molecule has 1 aliphatic heterocycles. The van der Waals surface area contributed by atoms with Crippen molar-refractivity contribution in [1.29, 1.82) is 0 Å². The van der Waals surface area contributed by atoms with E-state index in [1.54, 1.807) is 11.8 Å². The molecule has 102 valence electrons. The standard InChI is InChI=1S/C15H19NO2S/c1-14(2,3)18-13(17)15(4)10-19-12(16-15)11-8-6-5-7-9-11/h5-9H,10H2,1-4H3/t15-/m0/s1. The Bertz CT molecular complexity index is 505. The molecule has 0 aliphatic carbocycles. The number of carbonyl (C=O) groups excluding carboxylic acids is 1. The second-order valence-electron chi connectivity index (χ2n) is 5.85. The van der Waals surface area contributed by atoms with Gasteiger partial charge >= 0.3 is 5.97 Å². The average Bonchev–Trinajstić information content (AvgIpc) is 2.72. The molecular weight excluding hydrogens is 258 g/mol. The van der Waals surface area contributed by atoms with E-state index in [1.807, 2.05) is 58.0 Å². The van der Waals surface area contributed by atoms with Gasteiger partial charge in [-0.25, -0.2) is 4.79 Å². The predicted octanol–water partition coefficient (Wildman–Crippen LogP) is 3.28. The van der Waals surface area contributed by atoms with Gasteiger partial charge in [-0.1, -0.05) is 30.3 Å². The van der Waals surface area contributed by atoms with Crippen LogP contribution in [0.1, 0.15) is 33.3 Å². The van der Waals surface area contributed by atoms with E-state index in [-0.39, 0.29) is 5.97 Å². The molecule has 0 radical (unpaired) electrons. The van der Waals surface area contributed by atoms with E-state index in [2.05, 4.69) is 4.99 Å². The Kier molecular flexibility index (Phi) is 3.72. The predicted molar refractivity (Wildman–Crippen MR) is 79.7 cm³/mol. The molecule has 19 heavy (non-hydrogen) atoms. The van der Waals surface area contributed by atoms with Gasteiger partial charge in [0.2, 0.25) is 0 Å². The Balaban J connectivity index is 2.19. The molecule has 0 spiro atoms. The average molecular weight is 277 g/mol. The number of thioether (sulfide) groups is 1. The summed E-state index contributed by atoms with van der Waals surface area (Å²) in [6.45, 7) is 7.46. The van der Waals surface area contributed by atoms with Crippen molar-refractivity contribution >= 4 is 22.8 Å². The molecule has 0 aromatic heterocycles. The van der Waals surface area contributed by atoms with Crippen LogP contribution in [0.25, 0.3) is 0 Å². The Morgan fingerprint density at radius 3 is 2.53 bits per heavy atom. The lowest BCUT2D eigenvalue weighted by atomic mass is 10.1. The normalized spacial score (nSPS) is 23.1. The van der Waals surface area contributed by atoms with Gasteiger partial charge in [-0.05, 0) is 27.7 Å². The number of carbonyl (C=O) groups is 1. The first-order chi connectivity index (χ1) is 8.80. The summed E-state index contributed by atoms with van der Waals surface area (Å²) in [5, 5.41) is 0.911. The topological polar surface area (TPSA) is 38.7 Å². The summed E-state index contributed by atoms with van der Waals surface area (Å²) < 4.78 is 5.45. The molecule has 0 saturated heterocycles. The summed E-state index contributed by atoms with van der Waals surface area (Å²) in [7, 11) is 0. The second-order valence-corrected chi connectivity index (χ2v) is 6.81. The van der Waals surface area contributed by atoms with Crippen molar-refractivity contribution in [3.8, 4) is 0 Å². The molecule has 1 atom stereocenters. The van der Waals surface area contributed by atoms with Gasteiger partial charge in [-0.3, -0.25) is 4.99 Å². The molecule has 4 heteroatoms. The third-order valence-corrected chi connectivity index (χ3v) is 4.00. The lowest BCUT2D eigenvalue weighted by Crippen LogP contribution is -2.40. The summed E-state index contributed by atoms with van der Waals surface area (Å²) in [6.07, 6.45) is 0. The molecular formula is C15H19NO2S. The number of rotatable bonds is 2. The molecule has 0 amide bonds. The van der Waals surface area contributed by atoms with Gasteiger partial charge in [-0.2, -0.15) is 0 Å². The van der Waals surface area contributed by atoms with Crippen molar-refractivity contribution in [2.45, 2.75) is 38.8 Å². The van der Waals surface area contributed by atoms with Crippen molar-refractivity contribution in [2.75, 3.05) is 5.75 Å². The third-order valence-electron chi connectivity index (χ3n) is 2.70. The van der Waals surface area contributed by atoms with Crippen LogP contribution in [0, 0.1) is 0 Å². The highest BCUT2D eigenvalue weighted by Crippen LogP contribution is 2.32. The van der Waals surface area contributed by atoms with Crippen LogP contribution in [-0.4, -0.2) is 27.9 Å². The van der Waals surface area contributed by atoms with E-state index in [9.17, 15) is 4.79 Å². The number of ether oxygens (including phenoxy) is 1. The molecule has 0 saturated carbocycles. The molecule has 0 bridgehead atoms. The largest absolute Gasteiger partial charge is 0.458 e. The molecule has 0 unspecified atom stereocenters. The van der Waals surface area contributed by atoms with Gasteiger partial charge in [0.25, 0.3) is 0 Å². The zero-order valence-electron chi connectivity index (χ0n) is 11.8. The van der Waals surface area contributed by atoms with Crippen molar-refractivity contribution in [1.82, 2.24) is 0 Å². The van der Waals surface area contributed by atoms with E-state index in [4.69, 9.17) is 4.74 Å². The monoisotopic (exact) mass is 277 g/mol. The quantitative estimate of drug-likeness (QED) is 0.779. The van der Waals surface area contributed by atoms with Gasteiger partial charge in [0.05, 0.1) is 5.04 Å². The molecule has 0 N–H and O–H groups in total. The molecule has 2 rings (SSSR count). The van der Waals surface area contributed by atoms with Crippen LogP contribution in [0.2, 0.25) is 0 Å². The molecule has 1 aromatic carbocycles. The van der Waals surface area contributed by atoms with Gasteiger partial charge in [-0.15, -0.1) is 11.8 Å². The second kappa shape index (κ2) is 5.00. The highest BCUT2D eigenvalue weighted by atomic mass is 32.2. The number of benzene rings is 1. The SMILES string of the molecule is CC(C)(C)OC(=O)[C@]1(C)CSC(c2ccccc2)=N1. The van der Waals surface area contributed by atoms with E-state index in [0.29, 0.717) is 5.75 Å². The number of aliphatic imine (C=N–C) groups is 1. The highest BCUT2D eigenvalue weighted by molar-refractivity contribution is 8.14. The Hall–Kier alpha value is -1.29. The van der Waals surface area contributed by atoms with Gasteiger partial charge in [0, 0.05) is 11.3 Å². The first-order valence-electron chi connectivity index (χ1n) is 6.32. The zero-order valence-corrected chi connectivity index (χ0v) is 12.6. The summed E-state index contributed by atoms with van der Waals surface area (Å²) in [5.41, 5.74) is -0.196. The fraction of sp³-hybridized carbons (Fsp3) is 0.467. The fourth-order valence-corrected chi connectivity index (χ4v) is 2.89. The Morgan fingerprint density at radius 1 is 1.32 bits per heavy atom. The summed E-state index contributed by atoms with van der Waals surface area (Å²) in [6, 6.07) is 9.93. The van der Waals surface area contributed by atoms with Crippen molar-refractivity contribution < 1.29 is 9.53 Å². The molecule has 1 aromatic rings. The summed E-state index contributed by atoms with van der Waals surface area (Å²) in [5.74, 6) is 0.380.